The van der Waals surface area contributed by atoms with Gasteiger partial charge in [0.25, 0.3) is 0 Å². The smallest absolute Gasteiger partial charge is 0.00935 e. The lowest BCUT2D eigenvalue weighted by atomic mass is 9.98. The van der Waals surface area contributed by atoms with Crippen LogP contribution in [0.5, 0.6) is 0 Å². The molecule has 0 amide bonds. The molecule has 1 heterocycles. The van der Waals surface area contributed by atoms with E-state index in [4.69, 9.17) is 0 Å². The Bertz CT molecular complexity index is 291. The van der Waals surface area contributed by atoms with Gasteiger partial charge in [-0.25, -0.2) is 0 Å². The van der Waals surface area contributed by atoms with Gasteiger partial charge < -0.3 is 5.32 Å². The molecule has 0 aliphatic heterocycles. The van der Waals surface area contributed by atoms with Gasteiger partial charge in [0, 0.05) is 10.9 Å². The van der Waals surface area contributed by atoms with Gasteiger partial charge in [0.15, 0.2) is 0 Å². The number of rotatable bonds is 7. The van der Waals surface area contributed by atoms with Crippen LogP contribution in [0.4, 0.5) is 0 Å². The van der Waals surface area contributed by atoms with E-state index in [2.05, 4.69) is 44.5 Å². The number of hydrogen-bond donors (Lipinski definition) is 1. The quantitative estimate of drug-likeness (QED) is 0.758. The maximum absolute atomic E-state index is 3.66. The van der Waals surface area contributed by atoms with Crippen molar-refractivity contribution in [3.63, 3.8) is 0 Å². The van der Waals surface area contributed by atoms with Crippen molar-refractivity contribution in [2.45, 2.75) is 53.0 Å². The summed E-state index contributed by atoms with van der Waals surface area (Å²) < 4.78 is 0. The standard InChI is InChI=1S/C14H25NS/c1-5-9-15-13(11(2)3)6-7-14-12(4)8-10-16-14/h8,10-11,13,15H,5-7,9H2,1-4H3. The Morgan fingerprint density at radius 1 is 1.38 bits per heavy atom. The molecule has 0 aromatic carbocycles. The number of hydrogen-bond acceptors (Lipinski definition) is 2. The molecule has 1 rings (SSSR count). The van der Waals surface area contributed by atoms with Gasteiger partial charge in [-0.15, -0.1) is 11.3 Å². The summed E-state index contributed by atoms with van der Waals surface area (Å²) in [6.07, 6.45) is 3.71. The molecule has 0 saturated heterocycles. The molecule has 0 fully saturated rings. The highest BCUT2D eigenvalue weighted by atomic mass is 32.1. The van der Waals surface area contributed by atoms with Crippen LogP contribution in [0.3, 0.4) is 0 Å². The second kappa shape index (κ2) is 7.08. The second-order valence-corrected chi connectivity index (χ2v) is 5.87. The van der Waals surface area contributed by atoms with E-state index in [9.17, 15) is 0 Å². The molecule has 0 aliphatic carbocycles. The van der Waals surface area contributed by atoms with Gasteiger partial charge in [-0.2, -0.15) is 0 Å². The summed E-state index contributed by atoms with van der Waals surface area (Å²) >= 11 is 1.90. The molecule has 1 nitrogen and oxygen atoms in total. The molecule has 0 spiro atoms. The molecule has 0 aliphatic rings. The molecule has 0 bridgehead atoms. The third kappa shape index (κ3) is 4.26. The topological polar surface area (TPSA) is 12.0 Å². The SMILES string of the molecule is CCCNC(CCc1sccc1C)C(C)C. The average molecular weight is 239 g/mol. The Hall–Kier alpha value is -0.340. The Balaban J connectivity index is 2.40. The van der Waals surface area contributed by atoms with Crippen LogP contribution in [-0.4, -0.2) is 12.6 Å². The lowest BCUT2D eigenvalue weighted by Gasteiger charge is -2.22. The van der Waals surface area contributed by atoms with E-state index in [0.717, 1.165) is 12.5 Å². The van der Waals surface area contributed by atoms with Crippen molar-refractivity contribution < 1.29 is 0 Å². The maximum Gasteiger partial charge on any atom is 0.00935 e. The van der Waals surface area contributed by atoms with Gasteiger partial charge in [0.05, 0.1) is 0 Å². The molecule has 1 N–H and O–H groups in total. The zero-order valence-electron chi connectivity index (χ0n) is 11.0. The van der Waals surface area contributed by atoms with Crippen LogP contribution in [0.25, 0.3) is 0 Å². The fraction of sp³-hybridized carbons (Fsp3) is 0.714. The fourth-order valence-corrected chi connectivity index (χ4v) is 2.87. The van der Waals surface area contributed by atoms with E-state index < -0.39 is 0 Å². The Labute approximate surface area is 104 Å². The summed E-state index contributed by atoms with van der Waals surface area (Å²) in [5, 5.41) is 5.86. The molecular weight excluding hydrogens is 214 g/mol. The van der Waals surface area contributed by atoms with E-state index in [-0.39, 0.29) is 0 Å². The highest BCUT2D eigenvalue weighted by molar-refractivity contribution is 7.10. The first kappa shape index (κ1) is 13.7. The minimum atomic E-state index is 0.668. The summed E-state index contributed by atoms with van der Waals surface area (Å²) in [4.78, 5) is 1.56. The molecule has 1 unspecified atom stereocenters. The van der Waals surface area contributed by atoms with Crippen LogP contribution < -0.4 is 5.32 Å². The van der Waals surface area contributed by atoms with Crippen molar-refractivity contribution in [3.05, 3.63) is 21.9 Å². The first-order chi connectivity index (χ1) is 7.65. The van der Waals surface area contributed by atoms with Gasteiger partial charge in [0.2, 0.25) is 0 Å². The van der Waals surface area contributed by atoms with E-state index in [0.29, 0.717) is 6.04 Å². The monoisotopic (exact) mass is 239 g/mol. The van der Waals surface area contributed by atoms with E-state index >= 15 is 0 Å². The zero-order chi connectivity index (χ0) is 12.0. The molecule has 1 aromatic rings. The van der Waals surface area contributed by atoms with Crippen molar-refractivity contribution >= 4 is 11.3 Å². The lowest BCUT2D eigenvalue weighted by Crippen LogP contribution is -2.34. The molecule has 2 heteroatoms. The van der Waals surface area contributed by atoms with Crippen LogP contribution in [0, 0.1) is 12.8 Å². The summed E-state index contributed by atoms with van der Waals surface area (Å²) in [6, 6.07) is 2.89. The van der Waals surface area contributed by atoms with Gasteiger partial charge in [0.1, 0.15) is 0 Å². The van der Waals surface area contributed by atoms with E-state index in [1.165, 1.54) is 24.8 Å². The molecule has 0 saturated carbocycles. The van der Waals surface area contributed by atoms with Crippen LogP contribution in [0.1, 0.15) is 44.1 Å². The van der Waals surface area contributed by atoms with E-state index in [1.54, 1.807) is 4.88 Å². The van der Waals surface area contributed by atoms with Crippen molar-refractivity contribution in [3.8, 4) is 0 Å². The summed E-state index contributed by atoms with van der Waals surface area (Å²) in [5.74, 6) is 0.729. The summed E-state index contributed by atoms with van der Waals surface area (Å²) in [5.41, 5.74) is 1.46. The molecule has 1 aromatic heterocycles. The van der Waals surface area contributed by atoms with Crippen LogP contribution in [-0.2, 0) is 6.42 Å². The Kier molecular flexibility index (Phi) is 6.07. The van der Waals surface area contributed by atoms with Gasteiger partial charge in [-0.1, -0.05) is 20.8 Å². The number of thiophene rings is 1. The Morgan fingerprint density at radius 3 is 2.62 bits per heavy atom. The lowest BCUT2D eigenvalue weighted by molar-refractivity contribution is 0.379. The van der Waals surface area contributed by atoms with Crippen LogP contribution >= 0.6 is 11.3 Å². The molecule has 1 atom stereocenters. The summed E-state index contributed by atoms with van der Waals surface area (Å²) in [6.45, 7) is 10.2. The predicted octanol–water partition coefficient (Wildman–Crippen LogP) is 4.01. The Morgan fingerprint density at radius 2 is 2.12 bits per heavy atom. The molecule has 92 valence electrons. The normalized spacial score (nSPS) is 13.3. The first-order valence-corrected chi connectivity index (χ1v) is 7.29. The van der Waals surface area contributed by atoms with Crippen LogP contribution in [0.2, 0.25) is 0 Å². The van der Waals surface area contributed by atoms with Gasteiger partial charge in [-0.3, -0.25) is 0 Å². The minimum absolute atomic E-state index is 0.668. The minimum Gasteiger partial charge on any atom is -0.314 e. The van der Waals surface area contributed by atoms with Crippen molar-refractivity contribution in [2.75, 3.05) is 6.54 Å². The highest BCUT2D eigenvalue weighted by Gasteiger charge is 2.12. The molecule has 0 radical (unpaired) electrons. The molecule has 16 heavy (non-hydrogen) atoms. The fourth-order valence-electron chi connectivity index (χ4n) is 1.95. The summed E-state index contributed by atoms with van der Waals surface area (Å²) in [7, 11) is 0. The largest absolute Gasteiger partial charge is 0.314 e. The first-order valence-electron chi connectivity index (χ1n) is 6.41. The predicted molar refractivity (Wildman–Crippen MR) is 74.3 cm³/mol. The molecular formula is C14H25NS. The van der Waals surface area contributed by atoms with E-state index in [1.807, 2.05) is 11.3 Å². The number of nitrogens with one attached hydrogen (secondary N) is 1. The third-order valence-corrected chi connectivity index (χ3v) is 4.19. The maximum atomic E-state index is 3.66. The average Bonchev–Trinajstić information content (AvgIpc) is 2.64. The van der Waals surface area contributed by atoms with Crippen molar-refractivity contribution in [1.82, 2.24) is 5.32 Å². The number of aryl methyl sites for hydroxylation is 2. The highest BCUT2D eigenvalue weighted by Crippen LogP contribution is 2.19. The van der Waals surface area contributed by atoms with Crippen molar-refractivity contribution in [1.29, 1.82) is 0 Å². The van der Waals surface area contributed by atoms with Gasteiger partial charge >= 0.3 is 0 Å². The zero-order valence-corrected chi connectivity index (χ0v) is 11.9. The van der Waals surface area contributed by atoms with Crippen LogP contribution in [0.15, 0.2) is 11.4 Å². The van der Waals surface area contributed by atoms with Crippen molar-refractivity contribution in [2.24, 2.45) is 5.92 Å². The van der Waals surface area contributed by atoms with Gasteiger partial charge in [-0.05, 0) is 55.7 Å². The second-order valence-electron chi connectivity index (χ2n) is 4.87. The third-order valence-electron chi connectivity index (χ3n) is 3.11.